The van der Waals surface area contributed by atoms with Crippen molar-refractivity contribution in [1.82, 2.24) is 5.32 Å². The maximum atomic E-state index is 12.4. The number of amides is 1. The van der Waals surface area contributed by atoms with Crippen LogP contribution in [0, 0.1) is 0 Å². The number of nitrogens with two attached hydrogens (primary N) is 1. The van der Waals surface area contributed by atoms with Crippen LogP contribution in [0.25, 0.3) is 0 Å². The molecule has 8 atom stereocenters. The summed E-state index contributed by atoms with van der Waals surface area (Å²) in [5.74, 6) is -10.1. The summed E-state index contributed by atoms with van der Waals surface area (Å²) in [7, 11) is 0. The smallest absolute Gasteiger partial charge is 0.380 e. The Hall–Kier alpha value is -2.90. The Morgan fingerprint density at radius 2 is 1.10 bits per heavy atom. The Morgan fingerprint density at radius 1 is 0.706 bits per heavy atom. The van der Waals surface area contributed by atoms with E-state index >= 15 is 0 Å². The zero-order valence-electron chi connectivity index (χ0n) is 27.4. The summed E-state index contributed by atoms with van der Waals surface area (Å²) in [6, 6.07) is -1.15. The second-order valence-corrected chi connectivity index (χ2v) is 11.7. The van der Waals surface area contributed by atoms with E-state index in [-0.39, 0.29) is 31.5 Å². The van der Waals surface area contributed by atoms with Crippen LogP contribution in [0.1, 0.15) is 27.7 Å². The number of esters is 2. The molecule has 0 spiro atoms. The molecular formula is C28H37F9N2O12. The number of hydrogen-bond acceptors (Lipinski definition) is 13. The number of carbonyl (C=O) groups is 3. The summed E-state index contributed by atoms with van der Waals surface area (Å²) in [5.41, 5.74) is 5.93. The third kappa shape index (κ3) is 13.2. The molecule has 14 nitrogen and oxygen atoms in total. The van der Waals surface area contributed by atoms with Crippen LogP contribution in [-0.4, -0.2) is 123 Å². The molecular weight excluding hydrogens is 727 g/mol. The van der Waals surface area contributed by atoms with Gasteiger partial charge in [-0.2, -0.15) is 39.5 Å². The van der Waals surface area contributed by atoms with Crippen molar-refractivity contribution in [2.24, 2.45) is 5.73 Å². The second kappa shape index (κ2) is 17.3. The zero-order chi connectivity index (χ0) is 39.2. The first-order valence-corrected chi connectivity index (χ1v) is 14.6. The average Bonchev–Trinajstić information content (AvgIpc) is 3.51. The van der Waals surface area contributed by atoms with Gasteiger partial charge >= 0.3 is 36.4 Å². The Kier molecular flexibility index (Phi) is 15.0. The third-order valence-electron chi connectivity index (χ3n) is 6.55. The molecule has 4 aliphatic heterocycles. The molecule has 23 heteroatoms. The van der Waals surface area contributed by atoms with Gasteiger partial charge in [-0.15, -0.1) is 13.2 Å². The zero-order valence-corrected chi connectivity index (χ0v) is 27.4. The van der Waals surface area contributed by atoms with E-state index in [2.05, 4.69) is 17.9 Å². The van der Waals surface area contributed by atoms with Crippen LogP contribution < -0.4 is 11.1 Å². The molecule has 4 heterocycles. The van der Waals surface area contributed by atoms with Gasteiger partial charge in [-0.3, -0.25) is 4.79 Å². The van der Waals surface area contributed by atoms with E-state index in [4.69, 9.17) is 43.6 Å². The molecule has 4 aliphatic rings. The molecule has 294 valence electrons. The van der Waals surface area contributed by atoms with E-state index in [9.17, 15) is 53.9 Å². The van der Waals surface area contributed by atoms with Gasteiger partial charge in [0.25, 0.3) is 0 Å². The second-order valence-electron chi connectivity index (χ2n) is 11.7. The van der Waals surface area contributed by atoms with Crippen molar-refractivity contribution < 1.29 is 96.5 Å². The first-order valence-electron chi connectivity index (χ1n) is 14.6. The Balaban J connectivity index is 0.000000276. The molecule has 0 aromatic carbocycles. The number of nitrogens with one attached hydrogen (secondary N) is 1. The highest BCUT2D eigenvalue weighted by Gasteiger charge is 2.55. The lowest BCUT2D eigenvalue weighted by molar-refractivity contribution is -0.231. The number of fused-ring (bicyclic) bond motifs is 2. The van der Waals surface area contributed by atoms with Crippen molar-refractivity contribution in [3.63, 3.8) is 0 Å². The fourth-order valence-electron chi connectivity index (χ4n) is 4.67. The summed E-state index contributed by atoms with van der Waals surface area (Å²) < 4.78 is 151. The summed E-state index contributed by atoms with van der Waals surface area (Å²) >= 11 is 0. The van der Waals surface area contributed by atoms with E-state index in [0.29, 0.717) is 13.2 Å². The van der Waals surface area contributed by atoms with Gasteiger partial charge in [-0.05, 0) is 27.7 Å². The van der Waals surface area contributed by atoms with Gasteiger partial charge in [-0.25, -0.2) is 9.59 Å². The van der Waals surface area contributed by atoms with E-state index in [1.54, 1.807) is 19.9 Å². The van der Waals surface area contributed by atoms with Gasteiger partial charge in [0.2, 0.25) is 0 Å². The van der Waals surface area contributed by atoms with Crippen molar-refractivity contribution in [2.75, 3.05) is 26.4 Å². The normalized spacial score (nSPS) is 30.9. The SMILES string of the molecule is C=CCO[C@H]1OC[C@H](N)[C@@H]2OC(C)(C)O[C@H]12.C=CCO[C@H]1OC[C@H](NC(=O)C(F)(F)F)[C@@H]2OC(C)(C)O[C@H]12.O=C(OC(=O)C(F)(F)F)C(F)(F)F. The predicted octanol–water partition coefficient (Wildman–Crippen LogP) is 2.69. The highest BCUT2D eigenvalue weighted by molar-refractivity contribution is 5.90. The van der Waals surface area contributed by atoms with Gasteiger partial charge in [0.1, 0.15) is 24.4 Å². The van der Waals surface area contributed by atoms with E-state index in [1.165, 1.54) is 6.08 Å². The topological polar surface area (TPSA) is 172 Å². The van der Waals surface area contributed by atoms with Crippen LogP contribution in [0.2, 0.25) is 0 Å². The van der Waals surface area contributed by atoms with Crippen molar-refractivity contribution >= 4 is 17.8 Å². The minimum atomic E-state index is -5.62. The van der Waals surface area contributed by atoms with Gasteiger partial charge in [0, 0.05) is 0 Å². The first kappa shape index (κ1) is 44.3. The Bertz CT molecular complexity index is 1200. The van der Waals surface area contributed by atoms with E-state index < -0.39 is 78.8 Å². The molecule has 4 fully saturated rings. The third-order valence-corrected chi connectivity index (χ3v) is 6.55. The van der Waals surface area contributed by atoms with Crippen LogP contribution in [0.4, 0.5) is 39.5 Å². The van der Waals surface area contributed by atoms with Gasteiger partial charge in [0.05, 0.1) is 38.5 Å². The van der Waals surface area contributed by atoms with Gasteiger partial charge in [-0.1, -0.05) is 12.2 Å². The van der Waals surface area contributed by atoms with Gasteiger partial charge in [0.15, 0.2) is 24.2 Å². The van der Waals surface area contributed by atoms with E-state index in [1.807, 2.05) is 19.2 Å². The Morgan fingerprint density at radius 3 is 1.51 bits per heavy atom. The summed E-state index contributed by atoms with van der Waals surface area (Å²) in [6.45, 7) is 14.9. The molecule has 0 bridgehead atoms. The monoisotopic (exact) mass is 764 g/mol. The van der Waals surface area contributed by atoms with Crippen molar-refractivity contribution in [3.05, 3.63) is 25.3 Å². The summed E-state index contributed by atoms with van der Waals surface area (Å²) in [6.07, 6.45) is -16.2. The molecule has 0 aromatic heterocycles. The lowest BCUT2D eigenvalue weighted by Gasteiger charge is -2.36. The molecule has 4 saturated heterocycles. The highest BCUT2D eigenvalue weighted by Crippen LogP contribution is 2.37. The quantitative estimate of drug-likeness (QED) is 0.168. The number of rotatable bonds is 7. The van der Waals surface area contributed by atoms with Crippen molar-refractivity contribution in [3.8, 4) is 0 Å². The Labute approximate surface area is 284 Å². The van der Waals surface area contributed by atoms with Crippen LogP contribution >= 0.6 is 0 Å². The highest BCUT2D eigenvalue weighted by atomic mass is 19.4. The predicted molar refractivity (Wildman–Crippen MR) is 149 cm³/mol. The summed E-state index contributed by atoms with van der Waals surface area (Å²) in [4.78, 5) is 30.4. The van der Waals surface area contributed by atoms with Gasteiger partial charge < -0.3 is 53.7 Å². The number of hydrogen-bond donors (Lipinski definition) is 2. The molecule has 51 heavy (non-hydrogen) atoms. The molecule has 0 radical (unpaired) electrons. The standard InChI is InChI=1S/C13H18F3NO5.C11H19NO4.C4F6O3/c1-4-5-19-10-9-8(21-12(2,3)22-9)7(6-20-10)17-11(18)13(14,15)16;1-4-5-13-10-9-8(7(12)6-14-10)15-11(2,3)16-9;5-3(6,7)1(11)13-2(12)4(8,9)10/h4,7-10H,1,5-6H2,2-3H3,(H,17,18);4,7-10H,1,5-6,12H2,2-3H3;/t2*7-,8-,9-,10-;/m00./s1. The summed E-state index contributed by atoms with van der Waals surface area (Å²) in [5, 5.41) is 1.88. The van der Waals surface area contributed by atoms with Crippen molar-refractivity contribution in [2.45, 2.75) is 107 Å². The molecule has 4 rings (SSSR count). The lowest BCUT2D eigenvalue weighted by Crippen LogP contribution is -2.60. The molecule has 0 saturated carbocycles. The van der Waals surface area contributed by atoms with Crippen molar-refractivity contribution in [1.29, 1.82) is 0 Å². The van der Waals surface area contributed by atoms with Crippen LogP contribution in [0.3, 0.4) is 0 Å². The maximum Gasteiger partial charge on any atom is 0.491 e. The fourth-order valence-corrected chi connectivity index (χ4v) is 4.67. The molecule has 0 unspecified atom stereocenters. The van der Waals surface area contributed by atoms with Crippen LogP contribution in [0.5, 0.6) is 0 Å². The molecule has 0 aromatic rings. The molecule has 0 aliphatic carbocycles. The maximum absolute atomic E-state index is 12.4. The molecule has 3 N–H and O–H groups in total. The van der Waals surface area contributed by atoms with Crippen LogP contribution in [-0.2, 0) is 57.0 Å². The minimum Gasteiger partial charge on any atom is -0.380 e. The molecule has 1 amide bonds. The largest absolute Gasteiger partial charge is 0.491 e. The number of ether oxygens (including phenoxy) is 9. The number of alkyl halides is 9. The minimum absolute atomic E-state index is 0.168. The number of carbonyl (C=O) groups excluding carboxylic acids is 3. The van der Waals surface area contributed by atoms with Crippen LogP contribution in [0.15, 0.2) is 25.3 Å². The lowest BCUT2D eigenvalue weighted by atomic mass is 10.0. The fraction of sp³-hybridized carbons (Fsp3) is 0.750. The van der Waals surface area contributed by atoms with E-state index in [0.717, 1.165) is 0 Å². The number of halogens is 9. The first-order chi connectivity index (χ1) is 23.2. The average molecular weight is 765 g/mol.